The third-order valence-corrected chi connectivity index (χ3v) is 4.28. The Labute approximate surface area is 133 Å². The second-order valence-electron chi connectivity index (χ2n) is 4.96. The molecule has 5 heteroatoms. The van der Waals surface area contributed by atoms with Crippen LogP contribution in [0, 0.1) is 0 Å². The molecule has 1 aliphatic rings. The van der Waals surface area contributed by atoms with Gasteiger partial charge in [-0.3, -0.25) is 4.79 Å². The zero-order valence-electron chi connectivity index (χ0n) is 11.4. The minimum Gasteiger partial charge on any atom is -0.484 e. The van der Waals surface area contributed by atoms with E-state index in [9.17, 15) is 4.79 Å². The molecule has 110 valence electrons. The molecule has 0 bridgehead atoms. The van der Waals surface area contributed by atoms with E-state index in [2.05, 4.69) is 15.9 Å². The number of hydrogen-bond donors (Lipinski definition) is 0. The van der Waals surface area contributed by atoms with Crippen LogP contribution in [0.1, 0.15) is 25.7 Å². The average Bonchev–Trinajstić information content (AvgIpc) is 2.47. The van der Waals surface area contributed by atoms with Crippen LogP contribution in [0.4, 0.5) is 0 Å². The van der Waals surface area contributed by atoms with Gasteiger partial charge in [0.1, 0.15) is 5.75 Å². The first-order chi connectivity index (χ1) is 9.70. The van der Waals surface area contributed by atoms with Crippen LogP contribution in [0.2, 0.25) is 5.02 Å². The normalized spacial score (nSPS) is 18.9. The molecule has 1 unspecified atom stereocenters. The maximum absolute atomic E-state index is 12.3. The zero-order valence-corrected chi connectivity index (χ0v) is 13.7. The van der Waals surface area contributed by atoms with Crippen molar-refractivity contribution in [2.75, 3.05) is 18.5 Å². The van der Waals surface area contributed by atoms with Crippen molar-refractivity contribution in [2.24, 2.45) is 0 Å². The lowest BCUT2D eigenvalue weighted by atomic mass is 10.00. The molecule has 0 radical (unpaired) electrons. The van der Waals surface area contributed by atoms with Crippen molar-refractivity contribution in [1.82, 2.24) is 4.90 Å². The quantitative estimate of drug-likeness (QED) is 0.746. The Balaban J connectivity index is 1.88. The van der Waals surface area contributed by atoms with Gasteiger partial charge in [0.05, 0.1) is 0 Å². The highest BCUT2D eigenvalue weighted by molar-refractivity contribution is 9.09. The summed E-state index contributed by atoms with van der Waals surface area (Å²) < 4.78 is 5.54. The van der Waals surface area contributed by atoms with Gasteiger partial charge in [-0.25, -0.2) is 0 Å². The monoisotopic (exact) mass is 359 g/mol. The first-order valence-electron chi connectivity index (χ1n) is 6.94. The Kier molecular flexibility index (Phi) is 6.17. The molecule has 0 aliphatic carbocycles. The highest BCUT2D eigenvalue weighted by atomic mass is 79.9. The number of benzene rings is 1. The van der Waals surface area contributed by atoms with Crippen molar-refractivity contribution in [3.63, 3.8) is 0 Å². The van der Waals surface area contributed by atoms with Gasteiger partial charge in [0.15, 0.2) is 6.61 Å². The third-order valence-electron chi connectivity index (χ3n) is 3.57. The van der Waals surface area contributed by atoms with Gasteiger partial charge in [-0.05, 0) is 49.9 Å². The maximum Gasteiger partial charge on any atom is 0.260 e. The Hall–Kier alpha value is -0.740. The smallest absolute Gasteiger partial charge is 0.260 e. The molecule has 0 saturated carbocycles. The minimum absolute atomic E-state index is 0.0746. The molecule has 20 heavy (non-hydrogen) atoms. The fourth-order valence-corrected chi connectivity index (χ4v) is 3.17. The summed E-state index contributed by atoms with van der Waals surface area (Å²) in [5.41, 5.74) is 0. The van der Waals surface area contributed by atoms with E-state index in [-0.39, 0.29) is 12.5 Å². The molecule has 0 aromatic heterocycles. The predicted molar refractivity (Wildman–Crippen MR) is 84.7 cm³/mol. The van der Waals surface area contributed by atoms with E-state index in [1.54, 1.807) is 24.3 Å². The molecule has 2 rings (SSSR count). The van der Waals surface area contributed by atoms with Gasteiger partial charge in [0.2, 0.25) is 0 Å². The van der Waals surface area contributed by atoms with Crippen LogP contribution in [-0.4, -0.2) is 35.3 Å². The predicted octanol–water partition coefficient (Wildman–Crippen LogP) is 3.88. The zero-order chi connectivity index (χ0) is 14.4. The van der Waals surface area contributed by atoms with Crippen molar-refractivity contribution in [3.8, 4) is 5.75 Å². The molecule has 0 spiro atoms. The summed E-state index contributed by atoms with van der Waals surface area (Å²) in [6.45, 7) is 0.945. The van der Waals surface area contributed by atoms with Crippen LogP contribution in [0.5, 0.6) is 5.75 Å². The van der Waals surface area contributed by atoms with Gasteiger partial charge in [-0.1, -0.05) is 27.5 Å². The molecule has 1 heterocycles. The van der Waals surface area contributed by atoms with Crippen LogP contribution in [0.25, 0.3) is 0 Å². The molecule has 1 atom stereocenters. The van der Waals surface area contributed by atoms with E-state index in [0.29, 0.717) is 16.8 Å². The first kappa shape index (κ1) is 15.6. The number of amides is 1. The third kappa shape index (κ3) is 4.38. The highest BCUT2D eigenvalue weighted by Gasteiger charge is 2.26. The van der Waals surface area contributed by atoms with Gasteiger partial charge >= 0.3 is 0 Å². The summed E-state index contributed by atoms with van der Waals surface area (Å²) in [5.74, 6) is 0.752. The van der Waals surface area contributed by atoms with Crippen molar-refractivity contribution in [2.45, 2.75) is 31.7 Å². The van der Waals surface area contributed by atoms with Crippen LogP contribution in [0.15, 0.2) is 24.3 Å². The van der Waals surface area contributed by atoms with Crippen LogP contribution in [0.3, 0.4) is 0 Å². The lowest BCUT2D eigenvalue weighted by Gasteiger charge is -2.35. The first-order valence-corrected chi connectivity index (χ1v) is 8.44. The van der Waals surface area contributed by atoms with Gasteiger partial charge in [-0.2, -0.15) is 0 Å². The molecule has 1 aromatic rings. The van der Waals surface area contributed by atoms with Gasteiger partial charge in [-0.15, -0.1) is 0 Å². The van der Waals surface area contributed by atoms with Crippen LogP contribution in [-0.2, 0) is 4.79 Å². The van der Waals surface area contributed by atoms with E-state index in [1.165, 1.54) is 6.42 Å². The summed E-state index contributed by atoms with van der Waals surface area (Å²) in [7, 11) is 0. The van der Waals surface area contributed by atoms with E-state index < -0.39 is 0 Å². The van der Waals surface area contributed by atoms with E-state index >= 15 is 0 Å². The van der Waals surface area contributed by atoms with Gasteiger partial charge < -0.3 is 9.64 Å². The molecular formula is C15H19BrClNO2. The highest BCUT2D eigenvalue weighted by Crippen LogP contribution is 2.21. The molecule has 3 nitrogen and oxygen atoms in total. The topological polar surface area (TPSA) is 29.5 Å². The number of carbonyl (C=O) groups excluding carboxylic acids is 1. The number of ether oxygens (including phenoxy) is 1. The maximum atomic E-state index is 12.3. The van der Waals surface area contributed by atoms with Crippen LogP contribution >= 0.6 is 27.5 Å². The lowest BCUT2D eigenvalue weighted by molar-refractivity contribution is -0.137. The van der Waals surface area contributed by atoms with Crippen LogP contribution < -0.4 is 4.74 Å². The molecular weight excluding hydrogens is 342 g/mol. The average molecular weight is 361 g/mol. The van der Waals surface area contributed by atoms with Crippen molar-refractivity contribution in [3.05, 3.63) is 29.3 Å². The number of carbonyl (C=O) groups is 1. The number of halogens is 2. The number of alkyl halides is 1. The summed E-state index contributed by atoms with van der Waals surface area (Å²) in [4.78, 5) is 14.3. The van der Waals surface area contributed by atoms with Crippen molar-refractivity contribution >= 4 is 33.4 Å². The van der Waals surface area contributed by atoms with E-state index in [0.717, 1.165) is 31.1 Å². The standard InChI is InChI=1S/C15H19BrClNO2/c16-9-8-13-3-1-2-10-18(13)15(19)11-20-14-6-4-12(17)5-7-14/h4-7,13H,1-3,8-11H2. The Bertz CT molecular complexity index is 436. The summed E-state index contributed by atoms with van der Waals surface area (Å²) in [6.07, 6.45) is 4.40. The number of hydrogen-bond acceptors (Lipinski definition) is 2. The van der Waals surface area contributed by atoms with Crippen molar-refractivity contribution < 1.29 is 9.53 Å². The molecule has 0 N–H and O–H groups in total. The Morgan fingerprint density at radius 2 is 2.10 bits per heavy atom. The number of piperidine rings is 1. The molecule has 1 saturated heterocycles. The minimum atomic E-state index is 0.0746. The number of likely N-dealkylation sites (tertiary alicyclic amines) is 1. The Morgan fingerprint density at radius 1 is 1.35 bits per heavy atom. The lowest BCUT2D eigenvalue weighted by Crippen LogP contribution is -2.46. The molecule has 1 fully saturated rings. The second kappa shape index (κ2) is 7.89. The molecule has 1 aromatic carbocycles. The largest absolute Gasteiger partial charge is 0.484 e. The number of rotatable bonds is 5. The fraction of sp³-hybridized carbons (Fsp3) is 0.533. The Morgan fingerprint density at radius 3 is 2.80 bits per heavy atom. The van der Waals surface area contributed by atoms with Crippen molar-refractivity contribution in [1.29, 1.82) is 0 Å². The molecule has 1 aliphatic heterocycles. The fourth-order valence-electron chi connectivity index (χ4n) is 2.51. The van der Waals surface area contributed by atoms with Gasteiger partial charge in [0.25, 0.3) is 5.91 Å². The number of nitrogens with zero attached hydrogens (tertiary/aromatic N) is 1. The van der Waals surface area contributed by atoms with Gasteiger partial charge in [0, 0.05) is 22.9 Å². The summed E-state index contributed by atoms with van der Waals surface area (Å²) in [5, 5.41) is 1.59. The SMILES string of the molecule is O=C(COc1ccc(Cl)cc1)N1CCCCC1CCBr. The summed E-state index contributed by atoms with van der Waals surface area (Å²) in [6, 6.07) is 7.43. The van der Waals surface area contributed by atoms with E-state index in [1.807, 2.05) is 4.90 Å². The molecule has 1 amide bonds. The van der Waals surface area contributed by atoms with E-state index in [4.69, 9.17) is 16.3 Å². The summed E-state index contributed by atoms with van der Waals surface area (Å²) >= 11 is 9.28. The second-order valence-corrected chi connectivity index (χ2v) is 6.19.